The van der Waals surface area contributed by atoms with E-state index in [9.17, 15) is 14.9 Å². The number of carbonyl (C=O) groups is 1. The van der Waals surface area contributed by atoms with Crippen molar-refractivity contribution < 1.29 is 9.72 Å². The average Bonchev–Trinajstić information content (AvgIpc) is 2.54. The van der Waals surface area contributed by atoms with E-state index in [0.29, 0.717) is 17.2 Å². The minimum atomic E-state index is -0.440. The van der Waals surface area contributed by atoms with Crippen LogP contribution in [0.25, 0.3) is 0 Å². The zero-order chi connectivity index (χ0) is 18.0. The number of benzene rings is 1. The van der Waals surface area contributed by atoms with Crippen molar-refractivity contribution in [3.8, 4) is 0 Å². The molecule has 7 heteroatoms. The molecule has 0 atom stereocenters. The van der Waals surface area contributed by atoms with Crippen molar-refractivity contribution in [2.24, 2.45) is 5.92 Å². The van der Waals surface area contributed by atoms with E-state index in [0.717, 1.165) is 50.9 Å². The van der Waals surface area contributed by atoms with Gasteiger partial charge in [0.25, 0.3) is 11.6 Å². The second-order valence-corrected chi connectivity index (χ2v) is 7.16. The number of anilines is 2. The molecule has 2 fully saturated rings. The van der Waals surface area contributed by atoms with Crippen LogP contribution in [-0.2, 0) is 0 Å². The monoisotopic (exact) mass is 346 g/mol. The van der Waals surface area contributed by atoms with Crippen LogP contribution in [0.1, 0.15) is 49.4 Å². The van der Waals surface area contributed by atoms with Gasteiger partial charge in [0, 0.05) is 32.2 Å². The van der Waals surface area contributed by atoms with E-state index >= 15 is 0 Å². The molecule has 0 aromatic heterocycles. The number of rotatable bonds is 5. The lowest BCUT2D eigenvalue weighted by atomic mass is 9.87. The first-order valence-corrected chi connectivity index (χ1v) is 9.05. The fourth-order valence-electron chi connectivity index (χ4n) is 3.60. The van der Waals surface area contributed by atoms with E-state index in [1.165, 1.54) is 6.07 Å². The molecule has 1 saturated carbocycles. The summed E-state index contributed by atoms with van der Waals surface area (Å²) in [5, 5.41) is 17.3. The Kier molecular flexibility index (Phi) is 5.11. The minimum Gasteiger partial charge on any atom is -0.383 e. The van der Waals surface area contributed by atoms with Crippen molar-refractivity contribution in [2.75, 3.05) is 30.4 Å². The lowest BCUT2D eigenvalue weighted by molar-refractivity contribution is -0.383. The summed E-state index contributed by atoms with van der Waals surface area (Å²) in [4.78, 5) is 25.9. The Bertz CT molecular complexity index is 665. The van der Waals surface area contributed by atoms with Gasteiger partial charge >= 0.3 is 0 Å². The highest BCUT2D eigenvalue weighted by Crippen LogP contribution is 2.35. The molecule has 1 amide bonds. The SMILES string of the molecule is CNc1cc(N2CCC2)c(C(=O)NC2CCC(C)CC2)cc1[N+](=O)[O-]. The number of hydrogen-bond acceptors (Lipinski definition) is 5. The third kappa shape index (κ3) is 3.70. The third-order valence-corrected chi connectivity index (χ3v) is 5.37. The zero-order valence-electron chi connectivity index (χ0n) is 14.9. The van der Waals surface area contributed by atoms with E-state index in [1.807, 2.05) is 0 Å². The summed E-state index contributed by atoms with van der Waals surface area (Å²) in [6, 6.07) is 3.31. The van der Waals surface area contributed by atoms with Crippen LogP contribution in [0.5, 0.6) is 0 Å². The summed E-state index contributed by atoms with van der Waals surface area (Å²) in [6.45, 7) is 3.99. The van der Waals surface area contributed by atoms with Crippen molar-refractivity contribution in [2.45, 2.75) is 45.1 Å². The van der Waals surface area contributed by atoms with Gasteiger partial charge in [-0.3, -0.25) is 14.9 Å². The summed E-state index contributed by atoms with van der Waals surface area (Å²) < 4.78 is 0. The van der Waals surface area contributed by atoms with E-state index in [-0.39, 0.29) is 17.6 Å². The van der Waals surface area contributed by atoms with Crippen LogP contribution in [0.2, 0.25) is 0 Å². The first-order chi connectivity index (χ1) is 12.0. The molecule has 2 N–H and O–H groups in total. The van der Waals surface area contributed by atoms with Gasteiger partial charge in [-0.25, -0.2) is 0 Å². The molecule has 1 aromatic rings. The van der Waals surface area contributed by atoms with Crippen molar-refractivity contribution in [3.63, 3.8) is 0 Å². The predicted octanol–water partition coefficient (Wildman–Crippen LogP) is 3.16. The van der Waals surface area contributed by atoms with Crippen molar-refractivity contribution in [1.82, 2.24) is 5.32 Å². The number of amides is 1. The number of nitro benzene ring substituents is 1. The Balaban J connectivity index is 1.88. The Morgan fingerprint density at radius 1 is 1.24 bits per heavy atom. The molecule has 1 aromatic carbocycles. The van der Waals surface area contributed by atoms with Gasteiger partial charge in [-0.15, -0.1) is 0 Å². The molecule has 0 unspecified atom stereocenters. The molecular weight excluding hydrogens is 320 g/mol. The summed E-state index contributed by atoms with van der Waals surface area (Å²) in [6.07, 6.45) is 5.25. The average molecular weight is 346 g/mol. The van der Waals surface area contributed by atoms with E-state index in [1.54, 1.807) is 13.1 Å². The molecule has 3 rings (SSSR count). The van der Waals surface area contributed by atoms with Crippen LogP contribution >= 0.6 is 0 Å². The summed E-state index contributed by atoms with van der Waals surface area (Å²) in [5.74, 6) is 0.507. The van der Waals surface area contributed by atoms with Gasteiger partial charge in [0.15, 0.2) is 0 Å². The third-order valence-electron chi connectivity index (χ3n) is 5.37. The molecule has 2 aliphatic rings. The Labute approximate surface area is 147 Å². The van der Waals surface area contributed by atoms with Gasteiger partial charge < -0.3 is 15.5 Å². The molecule has 136 valence electrons. The molecule has 1 aliphatic heterocycles. The number of carbonyl (C=O) groups excluding carboxylic acids is 1. The molecule has 1 aliphatic carbocycles. The lowest BCUT2D eigenvalue weighted by Gasteiger charge is -2.35. The maximum absolute atomic E-state index is 12.9. The van der Waals surface area contributed by atoms with Crippen LogP contribution in [0.15, 0.2) is 12.1 Å². The number of nitrogens with one attached hydrogen (secondary N) is 2. The Morgan fingerprint density at radius 3 is 2.44 bits per heavy atom. The Hall–Kier alpha value is -2.31. The fourth-order valence-corrected chi connectivity index (χ4v) is 3.60. The minimum absolute atomic E-state index is 0.0609. The zero-order valence-corrected chi connectivity index (χ0v) is 14.9. The molecule has 0 radical (unpaired) electrons. The molecule has 1 saturated heterocycles. The van der Waals surface area contributed by atoms with Gasteiger partial charge in [0.2, 0.25) is 0 Å². The maximum Gasteiger partial charge on any atom is 0.293 e. The number of nitro groups is 1. The van der Waals surface area contributed by atoms with Crippen LogP contribution in [-0.4, -0.2) is 37.0 Å². The second kappa shape index (κ2) is 7.29. The normalized spacial score (nSPS) is 22.9. The molecular formula is C18H26N4O3. The quantitative estimate of drug-likeness (QED) is 0.632. The molecule has 0 bridgehead atoms. The maximum atomic E-state index is 12.9. The van der Waals surface area contributed by atoms with Crippen LogP contribution < -0.4 is 15.5 Å². The van der Waals surface area contributed by atoms with Crippen molar-refractivity contribution in [1.29, 1.82) is 0 Å². The van der Waals surface area contributed by atoms with E-state index in [4.69, 9.17) is 0 Å². The second-order valence-electron chi connectivity index (χ2n) is 7.16. The largest absolute Gasteiger partial charge is 0.383 e. The van der Waals surface area contributed by atoms with Crippen LogP contribution in [0, 0.1) is 16.0 Å². The van der Waals surface area contributed by atoms with Crippen LogP contribution in [0.3, 0.4) is 0 Å². The first kappa shape index (κ1) is 17.5. The lowest BCUT2D eigenvalue weighted by Crippen LogP contribution is -2.41. The molecule has 1 heterocycles. The summed E-state index contributed by atoms with van der Waals surface area (Å²) >= 11 is 0. The van der Waals surface area contributed by atoms with Gasteiger partial charge in [-0.1, -0.05) is 6.92 Å². The molecule has 25 heavy (non-hydrogen) atoms. The smallest absolute Gasteiger partial charge is 0.293 e. The van der Waals surface area contributed by atoms with Gasteiger partial charge in [0.05, 0.1) is 16.2 Å². The highest BCUT2D eigenvalue weighted by molar-refractivity contribution is 6.02. The molecule has 7 nitrogen and oxygen atoms in total. The van der Waals surface area contributed by atoms with Crippen molar-refractivity contribution >= 4 is 23.0 Å². The van der Waals surface area contributed by atoms with Gasteiger partial charge in [-0.2, -0.15) is 0 Å². The topological polar surface area (TPSA) is 87.5 Å². The summed E-state index contributed by atoms with van der Waals surface area (Å²) in [7, 11) is 1.66. The highest BCUT2D eigenvalue weighted by atomic mass is 16.6. The van der Waals surface area contributed by atoms with E-state index in [2.05, 4.69) is 22.5 Å². The predicted molar refractivity (Wildman–Crippen MR) is 98.4 cm³/mol. The summed E-state index contributed by atoms with van der Waals surface area (Å²) in [5.41, 5.74) is 1.57. The van der Waals surface area contributed by atoms with Crippen LogP contribution in [0.4, 0.5) is 17.1 Å². The number of hydrogen-bond donors (Lipinski definition) is 2. The number of nitrogens with zero attached hydrogens (tertiary/aromatic N) is 2. The highest BCUT2D eigenvalue weighted by Gasteiger charge is 2.28. The fraction of sp³-hybridized carbons (Fsp3) is 0.611. The van der Waals surface area contributed by atoms with Crippen molar-refractivity contribution in [3.05, 3.63) is 27.8 Å². The van der Waals surface area contributed by atoms with Gasteiger partial charge in [-0.05, 0) is 44.1 Å². The van der Waals surface area contributed by atoms with E-state index < -0.39 is 4.92 Å². The first-order valence-electron chi connectivity index (χ1n) is 9.05. The molecule has 0 spiro atoms. The van der Waals surface area contributed by atoms with Gasteiger partial charge in [0.1, 0.15) is 5.69 Å². The standard InChI is InChI=1S/C18H26N4O3/c1-12-4-6-13(7-5-12)20-18(23)14-10-17(22(24)25)15(19-2)11-16(14)21-8-3-9-21/h10-13,19H,3-9H2,1-2H3,(H,20,23). The Morgan fingerprint density at radius 2 is 1.92 bits per heavy atom.